The number of pyridine rings is 1. The summed E-state index contributed by atoms with van der Waals surface area (Å²) in [5.41, 5.74) is 0.541. The Hall–Kier alpha value is -0.300. The van der Waals surface area contributed by atoms with Gasteiger partial charge >= 0.3 is 0 Å². The van der Waals surface area contributed by atoms with Crippen LogP contribution in [0.4, 0.5) is 0 Å². The molecule has 0 aliphatic rings. The molecular weight excluding hydrogens is 228 g/mol. The maximum atomic E-state index is 9.34. The van der Waals surface area contributed by atoms with Gasteiger partial charge in [-0.1, -0.05) is 28.5 Å². The van der Waals surface area contributed by atoms with Gasteiger partial charge in [0.2, 0.25) is 0 Å². The van der Waals surface area contributed by atoms with Gasteiger partial charge in [0.1, 0.15) is 0 Å². The third-order valence-electron chi connectivity index (χ3n) is 1.44. The molecule has 1 rings (SSSR count). The average Bonchev–Trinajstić information content (AvgIpc) is 2.04. The fourth-order valence-electron chi connectivity index (χ4n) is 0.936. The molecule has 13 heavy (non-hydrogen) atoms. The van der Waals surface area contributed by atoms with Crippen LogP contribution in [-0.4, -0.2) is 5.11 Å². The number of rotatable bonds is 2. The second-order valence-electron chi connectivity index (χ2n) is 2.42. The molecule has 5 heteroatoms. The molecular formula is C8H9Cl2NOP+. The van der Waals surface area contributed by atoms with Gasteiger partial charge < -0.3 is 5.11 Å². The van der Waals surface area contributed by atoms with Crippen LogP contribution in [0.3, 0.4) is 0 Å². The predicted molar refractivity (Wildman–Crippen MR) is 56.8 cm³/mol. The number of aliphatic hydroxyl groups excluding tert-OH is 1. The summed E-state index contributed by atoms with van der Waals surface area (Å²) in [4.78, 5) is 0. The Morgan fingerprint density at radius 3 is 2.15 bits per heavy atom. The number of aliphatic hydroxyl groups is 1. The lowest BCUT2D eigenvalue weighted by Crippen LogP contribution is -2.30. The molecule has 0 fully saturated rings. The SMILES string of the molecule is C/C(O)=C(/[n+]1ccccc1)P(Cl)Cl. The van der Waals surface area contributed by atoms with Gasteiger partial charge in [0.05, 0.1) is 0 Å². The van der Waals surface area contributed by atoms with E-state index >= 15 is 0 Å². The number of halogens is 2. The Bertz CT molecular complexity index is 309. The van der Waals surface area contributed by atoms with Crippen molar-refractivity contribution in [2.24, 2.45) is 0 Å². The van der Waals surface area contributed by atoms with E-state index in [4.69, 9.17) is 22.5 Å². The first-order valence-corrected chi connectivity index (χ1v) is 6.76. The van der Waals surface area contributed by atoms with Gasteiger partial charge in [0.15, 0.2) is 24.8 Å². The molecule has 1 aromatic heterocycles. The summed E-state index contributed by atoms with van der Waals surface area (Å²) in [5.74, 6) is 0.146. The van der Waals surface area contributed by atoms with Crippen LogP contribution in [-0.2, 0) is 0 Å². The Morgan fingerprint density at radius 2 is 1.77 bits per heavy atom. The van der Waals surface area contributed by atoms with E-state index in [1.54, 1.807) is 23.9 Å². The van der Waals surface area contributed by atoms with Crippen molar-refractivity contribution in [2.45, 2.75) is 6.92 Å². The average molecular weight is 237 g/mol. The standard InChI is InChI=1S/C8H8Cl2NOP/c1-7(12)8(13(9)10)11-5-3-2-4-6-11/h2-6H,1H3/p+1/b8-7+. The first kappa shape index (κ1) is 10.8. The molecule has 0 unspecified atom stereocenters. The monoisotopic (exact) mass is 236 g/mol. The first-order valence-electron chi connectivity index (χ1n) is 3.61. The Labute approximate surface area is 87.8 Å². The Kier molecular flexibility index (Phi) is 3.98. The van der Waals surface area contributed by atoms with Gasteiger partial charge in [0.25, 0.3) is 5.44 Å². The zero-order valence-electron chi connectivity index (χ0n) is 6.98. The van der Waals surface area contributed by atoms with Crippen molar-refractivity contribution in [3.63, 3.8) is 0 Å². The normalized spacial score (nSPS) is 12.9. The lowest BCUT2D eigenvalue weighted by atomic mass is 10.5. The summed E-state index contributed by atoms with van der Waals surface area (Å²) < 4.78 is 1.71. The lowest BCUT2D eigenvalue weighted by Gasteiger charge is -2.01. The van der Waals surface area contributed by atoms with Crippen LogP contribution in [0.25, 0.3) is 5.44 Å². The molecule has 0 radical (unpaired) electrons. The zero-order valence-corrected chi connectivity index (χ0v) is 9.39. The van der Waals surface area contributed by atoms with E-state index in [1.165, 1.54) is 0 Å². The second-order valence-corrected chi connectivity index (χ2v) is 5.86. The number of allylic oxidation sites excluding steroid dienone is 1. The molecule has 0 spiro atoms. The molecule has 1 aromatic rings. The van der Waals surface area contributed by atoms with Gasteiger partial charge in [0, 0.05) is 12.1 Å². The number of nitrogens with zero attached hydrogens (tertiary/aromatic N) is 1. The van der Waals surface area contributed by atoms with E-state index in [9.17, 15) is 5.11 Å². The van der Waals surface area contributed by atoms with Crippen LogP contribution in [0.2, 0.25) is 0 Å². The van der Waals surface area contributed by atoms with E-state index in [0.717, 1.165) is 0 Å². The summed E-state index contributed by atoms with van der Waals surface area (Å²) in [7, 11) is 0. The van der Waals surface area contributed by atoms with E-state index in [-0.39, 0.29) is 5.76 Å². The summed E-state index contributed by atoms with van der Waals surface area (Å²) in [6, 6.07) is 5.57. The highest BCUT2D eigenvalue weighted by atomic mass is 35.9. The minimum atomic E-state index is -1.34. The lowest BCUT2D eigenvalue weighted by molar-refractivity contribution is -0.575. The molecule has 2 nitrogen and oxygen atoms in total. The van der Waals surface area contributed by atoms with Crippen molar-refractivity contribution in [1.29, 1.82) is 0 Å². The summed E-state index contributed by atoms with van der Waals surface area (Å²) in [6.45, 7) is 0.222. The third kappa shape index (κ3) is 2.84. The van der Waals surface area contributed by atoms with Crippen LogP contribution in [0.5, 0.6) is 0 Å². The van der Waals surface area contributed by atoms with Crippen molar-refractivity contribution < 1.29 is 9.67 Å². The summed E-state index contributed by atoms with van der Waals surface area (Å²) >= 11 is 11.5. The predicted octanol–water partition coefficient (Wildman–Crippen LogP) is 3.47. The molecule has 0 aromatic carbocycles. The summed E-state index contributed by atoms with van der Waals surface area (Å²) in [6.07, 6.45) is 3.57. The van der Waals surface area contributed by atoms with Gasteiger partial charge in [-0.15, -0.1) is 0 Å². The molecule has 0 atom stereocenters. The highest BCUT2D eigenvalue weighted by Crippen LogP contribution is 2.55. The van der Waals surface area contributed by atoms with Crippen molar-refractivity contribution in [2.75, 3.05) is 0 Å². The minimum Gasteiger partial charge on any atom is -0.506 e. The molecule has 0 saturated carbocycles. The van der Waals surface area contributed by atoms with Gasteiger partial charge in [-0.05, 0) is 6.92 Å². The second kappa shape index (κ2) is 4.80. The van der Waals surface area contributed by atoms with Gasteiger partial charge in [-0.2, -0.15) is 4.57 Å². The molecule has 1 N–H and O–H groups in total. The molecule has 1 heterocycles. The van der Waals surface area contributed by atoms with Crippen LogP contribution >= 0.6 is 29.1 Å². The maximum Gasteiger partial charge on any atom is 0.275 e. The quantitative estimate of drug-likeness (QED) is 0.475. The Morgan fingerprint density at radius 1 is 1.23 bits per heavy atom. The van der Waals surface area contributed by atoms with Gasteiger partial charge in [-0.25, -0.2) is 0 Å². The van der Waals surface area contributed by atoms with Crippen molar-refractivity contribution >= 4 is 34.5 Å². The highest BCUT2D eigenvalue weighted by Gasteiger charge is 2.21. The van der Waals surface area contributed by atoms with E-state index < -0.39 is 6.63 Å². The number of hydrogen-bond donors (Lipinski definition) is 1. The van der Waals surface area contributed by atoms with E-state index in [1.807, 2.05) is 18.2 Å². The maximum absolute atomic E-state index is 9.34. The number of aromatic nitrogens is 1. The van der Waals surface area contributed by atoms with Crippen LogP contribution in [0.1, 0.15) is 6.92 Å². The van der Waals surface area contributed by atoms with Crippen LogP contribution in [0, 0.1) is 0 Å². The highest BCUT2D eigenvalue weighted by molar-refractivity contribution is 8.10. The molecule has 0 amide bonds. The molecule has 0 aliphatic carbocycles. The largest absolute Gasteiger partial charge is 0.506 e. The number of hydrogen-bond acceptors (Lipinski definition) is 1. The van der Waals surface area contributed by atoms with Crippen LogP contribution < -0.4 is 4.57 Å². The van der Waals surface area contributed by atoms with Crippen molar-refractivity contribution in [3.05, 3.63) is 36.4 Å². The third-order valence-corrected chi connectivity index (χ3v) is 3.28. The molecule has 0 saturated heterocycles. The minimum absolute atomic E-state index is 0.146. The molecule has 0 bridgehead atoms. The zero-order chi connectivity index (χ0) is 9.84. The van der Waals surface area contributed by atoms with Crippen molar-refractivity contribution in [3.8, 4) is 0 Å². The van der Waals surface area contributed by atoms with Crippen molar-refractivity contribution in [1.82, 2.24) is 0 Å². The van der Waals surface area contributed by atoms with Crippen LogP contribution in [0.15, 0.2) is 36.4 Å². The van der Waals surface area contributed by atoms with Gasteiger partial charge in [-0.3, -0.25) is 0 Å². The smallest absolute Gasteiger partial charge is 0.275 e. The Balaban J connectivity index is 3.12. The van der Waals surface area contributed by atoms with E-state index in [0.29, 0.717) is 5.44 Å². The fourth-order valence-corrected chi connectivity index (χ4v) is 2.75. The molecule has 70 valence electrons. The van der Waals surface area contributed by atoms with E-state index in [2.05, 4.69) is 0 Å². The molecule has 0 aliphatic heterocycles. The topological polar surface area (TPSA) is 24.1 Å². The summed E-state index contributed by atoms with van der Waals surface area (Å²) in [5, 5.41) is 9.34. The first-order chi connectivity index (χ1) is 6.13. The fraction of sp³-hybridized carbons (Fsp3) is 0.125.